The van der Waals surface area contributed by atoms with Crippen LogP contribution in [-0.4, -0.2) is 26.0 Å². The van der Waals surface area contributed by atoms with Gasteiger partial charge >= 0.3 is 0 Å². The first-order chi connectivity index (χ1) is 10.9. The number of aromatic nitrogens is 2. The summed E-state index contributed by atoms with van der Waals surface area (Å²) in [5, 5.41) is 32.7. The molecule has 120 valence electrons. The number of nitro benzene ring substituents is 2. The molecule has 10 nitrogen and oxygen atoms in total. The summed E-state index contributed by atoms with van der Waals surface area (Å²) >= 11 is 1.17. The molecule has 23 heavy (non-hydrogen) atoms. The van der Waals surface area contributed by atoms with Crippen LogP contribution in [0.5, 0.6) is 0 Å². The molecule has 1 amide bonds. The number of nitro groups is 2. The number of nitrogens with one attached hydrogen (secondary N) is 1. The Labute approximate surface area is 133 Å². The lowest BCUT2D eigenvalue weighted by Crippen LogP contribution is -2.14. The number of non-ortho nitro benzene ring substituents is 1. The van der Waals surface area contributed by atoms with E-state index in [4.69, 9.17) is 0 Å². The highest BCUT2D eigenvalue weighted by molar-refractivity contribution is 7.15. The first kappa shape index (κ1) is 16.4. The number of carbonyl (C=O) groups is 1. The second-order valence-electron chi connectivity index (χ2n) is 4.42. The molecule has 2 rings (SSSR count). The van der Waals surface area contributed by atoms with Crippen LogP contribution in [0.25, 0.3) is 0 Å². The lowest BCUT2D eigenvalue weighted by Gasteiger charge is -2.02. The monoisotopic (exact) mass is 337 g/mol. The van der Waals surface area contributed by atoms with Crippen molar-refractivity contribution in [2.75, 3.05) is 5.32 Å². The summed E-state index contributed by atoms with van der Waals surface area (Å²) in [6.45, 7) is 1.97. The number of aryl methyl sites for hydroxylation is 1. The Kier molecular flexibility index (Phi) is 4.91. The molecule has 0 saturated carbocycles. The molecule has 0 fully saturated rings. The van der Waals surface area contributed by atoms with E-state index in [1.54, 1.807) is 0 Å². The number of amides is 1. The van der Waals surface area contributed by atoms with Crippen LogP contribution in [0.15, 0.2) is 18.2 Å². The fourth-order valence-corrected chi connectivity index (χ4v) is 2.60. The molecule has 0 atom stereocenters. The largest absolute Gasteiger partial charge is 0.296 e. The van der Waals surface area contributed by atoms with Crippen LogP contribution >= 0.6 is 11.3 Å². The highest BCUT2D eigenvalue weighted by Crippen LogP contribution is 2.26. The van der Waals surface area contributed by atoms with Gasteiger partial charge in [-0.25, -0.2) is 0 Å². The van der Waals surface area contributed by atoms with Crippen LogP contribution in [0.3, 0.4) is 0 Å². The van der Waals surface area contributed by atoms with Gasteiger partial charge in [-0.15, -0.1) is 10.2 Å². The van der Waals surface area contributed by atoms with E-state index in [2.05, 4.69) is 15.5 Å². The highest BCUT2D eigenvalue weighted by Gasteiger charge is 2.24. The maximum absolute atomic E-state index is 12.1. The number of anilines is 1. The lowest BCUT2D eigenvalue weighted by molar-refractivity contribution is -0.394. The molecule has 1 aromatic heterocycles. The number of rotatable bonds is 6. The van der Waals surface area contributed by atoms with Gasteiger partial charge in [-0.1, -0.05) is 18.3 Å². The molecule has 0 radical (unpaired) electrons. The zero-order valence-electron chi connectivity index (χ0n) is 11.9. The number of hydrogen-bond acceptors (Lipinski definition) is 8. The molecule has 1 N–H and O–H groups in total. The Bertz CT molecular complexity index is 775. The van der Waals surface area contributed by atoms with Gasteiger partial charge in [0.25, 0.3) is 17.3 Å². The average molecular weight is 337 g/mol. The van der Waals surface area contributed by atoms with Gasteiger partial charge in [-0.05, 0) is 12.5 Å². The third kappa shape index (κ3) is 3.83. The van der Waals surface area contributed by atoms with Crippen LogP contribution in [0.4, 0.5) is 16.5 Å². The van der Waals surface area contributed by atoms with Gasteiger partial charge in [0.05, 0.1) is 15.9 Å². The summed E-state index contributed by atoms with van der Waals surface area (Å²) in [5.41, 5.74) is -1.39. The smallest absolute Gasteiger partial charge is 0.289 e. The molecule has 0 aliphatic heterocycles. The molecule has 0 aliphatic rings. The van der Waals surface area contributed by atoms with Crippen molar-refractivity contribution in [1.82, 2.24) is 10.2 Å². The van der Waals surface area contributed by atoms with E-state index in [0.29, 0.717) is 6.42 Å². The van der Waals surface area contributed by atoms with E-state index < -0.39 is 27.1 Å². The number of carbonyl (C=O) groups excluding carboxylic acids is 1. The van der Waals surface area contributed by atoms with Crippen LogP contribution in [-0.2, 0) is 6.42 Å². The van der Waals surface area contributed by atoms with Crippen molar-refractivity contribution < 1.29 is 14.6 Å². The summed E-state index contributed by atoms with van der Waals surface area (Å²) in [6.07, 6.45) is 1.58. The summed E-state index contributed by atoms with van der Waals surface area (Å²) in [6, 6.07) is 2.82. The molecule has 0 unspecified atom stereocenters. The predicted molar refractivity (Wildman–Crippen MR) is 81.6 cm³/mol. The van der Waals surface area contributed by atoms with Gasteiger partial charge in [-0.2, -0.15) is 0 Å². The topological polar surface area (TPSA) is 141 Å². The minimum Gasteiger partial charge on any atom is -0.296 e. The summed E-state index contributed by atoms with van der Waals surface area (Å²) in [4.78, 5) is 32.2. The van der Waals surface area contributed by atoms with Gasteiger partial charge in [-0.3, -0.25) is 30.3 Å². The second kappa shape index (κ2) is 6.87. The minimum absolute atomic E-state index is 0.214. The Hall–Kier alpha value is -2.95. The Morgan fingerprint density at radius 3 is 2.61 bits per heavy atom. The van der Waals surface area contributed by atoms with Gasteiger partial charge in [0, 0.05) is 12.5 Å². The van der Waals surface area contributed by atoms with E-state index in [-0.39, 0.29) is 10.7 Å². The fourth-order valence-electron chi connectivity index (χ4n) is 1.76. The zero-order chi connectivity index (χ0) is 17.0. The van der Waals surface area contributed by atoms with E-state index >= 15 is 0 Å². The highest BCUT2D eigenvalue weighted by atomic mass is 32.1. The van der Waals surface area contributed by atoms with Crippen molar-refractivity contribution in [3.8, 4) is 0 Å². The predicted octanol–water partition coefficient (Wildman–Crippen LogP) is 2.56. The van der Waals surface area contributed by atoms with Crippen molar-refractivity contribution in [2.45, 2.75) is 19.8 Å². The van der Waals surface area contributed by atoms with Crippen molar-refractivity contribution in [3.63, 3.8) is 0 Å². The summed E-state index contributed by atoms with van der Waals surface area (Å²) < 4.78 is 0. The number of hydrogen-bond donors (Lipinski definition) is 1. The van der Waals surface area contributed by atoms with Gasteiger partial charge in [0.1, 0.15) is 10.6 Å². The Morgan fingerprint density at radius 2 is 2.00 bits per heavy atom. The van der Waals surface area contributed by atoms with Crippen LogP contribution in [0.2, 0.25) is 0 Å². The van der Waals surface area contributed by atoms with E-state index in [1.165, 1.54) is 11.3 Å². The van der Waals surface area contributed by atoms with Crippen molar-refractivity contribution in [1.29, 1.82) is 0 Å². The number of nitrogens with zero attached hydrogens (tertiary/aromatic N) is 4. The van der Waals surface area contributed by atoms with E-state index in [9.17, 15) is 25.0 Å². The molecular formula is C12H11N5O5S. The first-order valence-electron chi connectivity index (χ1n) is 6.49. The van der Waals surface area contributed by atoms with Gasteiger partial charge in [0.15, 0.2) is 0 Å². The minimum atomic E-state index is -0.843. The fraction of sp³-hybridized carbons (Fsp3) is 0.250. The standard InChI is InChI=1S/C12H11N5O5S/c1-2-3-10-14-15-12(23-10)13-11(18)8-5-4-7(16(19)20)6-9(8)17(21)22/h4-6H,2-3H2,1H3,(H,13,15,18). The van der Waals surface area contributed by atoms with Crippen LogP contribution < -0.4 is 5.32 Å². The van der Waals surface area contributed by atoms with Crippen molar-refractivity contribution >= 4 is 33.8 Å². The van der Waals surface area contributed by atoms with Crippen LogP contribution in [0.1, 0.15) is 28.7 Å². The molecule has 1 heterocycles. The maximum Gasteiger partial charge on any atom is 0.289 e. The second-order valence-corrected chi connectivity index (χ2v) is 5.48. The quantitative estimate of drug-likeness (QED) is 0.630. The Morgan fingerprint density at radius 1 is 1.26 bits per heavy atom. The van der Waals surface area contributed by atoms with Gasteiger partial charge in [0.2, 0.25) is 5.13 Å². The van der Waals surface area contributed by atoms with E-state index in [1.807, 2.05) is 6.92 Å². The zero-order valence-corrected chi connectivity index (χ0v) is 12.7. The molecule has 0 bridgehead atoms. The van der Waals surface area contributed by atoms with Crippen LogP contribution in [0, 0.1) is 20.2 Å². The van der Waals surface area contributed by atoms with Crippen molar-refractivity contribution in [2.24, 2.45) is 0 Å². The SMILES string of the molecule is CCCc1nnc(NC(=O)c2ccc([N+](=O)[O-])cc2[N+](=O)[O-])s1. The molecule has 0 saturated heterocycles. The molecular weight excluding hydrogens is 326 g/mol. The average Bonchev–Trinajstić information content (AvgIpc) is 2.94. The normalized spacial score (nSPS) is 10.3. The summed E-state index contributed by atoms with van der Waals surface area (Å²) in [5.74, 6) is -0.772. The Balaban J connectivity index is 2.27. The molecule has 11 heteroatoms. The molecule has 0 spiro atoms. The number of benzene rings is 1. The maximum atomic E-state index is 12.1. The third-order valence-corrected chi connectivity index (χ3v) is 3.68. The molecule has 0 aliphatic carbocycles. The molecule has 1 aromatic carbocycles. The van der Waals surface area contributed by atoms with E-state index in [0.717, 1.165) is 29.6 Å². The summed E-state index contributed by atoms with van der Waals surface area (Å²) in [7, 11) is 0. The first-order valence-corrected chi connectivity index (χ1v) is 7.30. The molecule has 2 aromatic rings. The van der Waals surface area contributed by atoms with Gasteiger partial charge < -0.3 is 0 Å². The third-order valence-electron chi connectivity index (χ3n) is 2.78. The van der Waals surface area contributed by atoms with Crippen molar-refractivity contribution in [3.05, 3.63) is 49.0 Å². The lowest BCUT2D eigenvalue weighted by atomic mass is 10.1.